The molecule has 2 aromatic carbocycles. The van der Waals surface area contributed by atoms with Gasteiger partial charge in [0.15, 0.2) is 0 Å². The van der Waals surface area contributed by atoms with Crippen molar-refractivity contribution in [2.75, 3.05) is 38.5 Å². The highest BCUT2D eigenvalue weighted by Gasteiger charge is 2.41. The molecule has 2 unspecified atom stereocenters. The molecule has 0 saturated carbocycles. The fourth-order valence-corrected chi connectivity index (χ4v) is 4.96. The van der Waals surface area contributed by atoms with Crippen LogP contribution in [0.2, 0.25) is 5.02 Å². The van der Waals surface area contributed by atoms with E-state index < -0.39 is 0 Å². The quantitative estimate of drug-likeness (QED) is 0.680. The van der Waals surface area contributed by atoms with Crippen molar-refractivity contribution in [3.05, 3.63) is 70.5 Å². The fraction of sp³-hybridized carbons (Fsp3) is 0.360. The van der Waals surface area contributed by atoms with E-state index >= 15 is 0 Å². The van der Waals surface area contributed by atoms with Crippen molar-refractivity contribution in [2.24, 2.45) is 0 Å². The SMILES string of the molecule is CC(=O)Nc1cc(Cl)ccc1C=CC(=O)N1C2CN(C)CC1CN(Cc1ccc(F)cc1)C2. The zero-order valence-corrected chi connectivity index (χ0v) is 19.6. The highest BCUT2D eigenvalue weighted by molar-refractivity contribution is 6.31. The van der Waals surface area contributed by atoms with Crippen LogP contribution in [0.5, 0.6) is 0 Å². The van der Waals surface area contributed by atoms with Crippen molar-refractivity contribution in [1.29, 1.82) is 0 Å². The summed E-state index contributed by atoms with van der Waals surface area (Å²) < 4.78 is 13.2. The van der Waals surface area contributed by atoms with Crippen LogP contribution in [-0.2, 0) is 16.1 Å². The summed E-state index contributed by atoms with van der Waals surface area (Å²) in [7, 11) is 2.08. The molecular weight excluding hydrogens is 443 g/mol. The summed E-state index contributed by atoms with van der Waals surface area (Å²) in [5.74, 6) is -0.474. The Kier molecular flexibility index (Phi) is 7.12. The molecule has 6 nitrogen and oxygen atoms in total. The molecule has 2 saturated heterocycles. The maximum atomic E-state index is 13.2. The normalized spacial score (nSPS) is 21.4. The third-order valence-electron chi connectivity index (χ3n) is 6.07. The van der Waals surface area contributed by atoms with E-state index in [1.54, 1.807) is 30.4 Å². The Morgan fingerprint density at radius 1 is 1.09 bits per heavy atom. The van der Waals surface area contributed by atoms with Gasteiger partial charge in [0.2, 0.25) is 11.8 Å². The molecule has 2 aliphatic rings. The summed E-state index contributed by atoms with van der Waals surface area (Å²) in [6, 6.07) is 11.9. The summed E-state index contributed by atoms with van der Waals surface area (Å²) in [6.07, 6.45) is 3.31. The van der Waals surface area contributed by atoms with Crippen LogP contribution in [0.3, 0.4) is 0 Å². The molecule has 2 heterocycles. The molecule has 2 aromatic rings. The monoisotopic (exact) mass is 470 g/mol. The van der Waals surface area contributed by atoms with E-state index in [4.69, 9.17) is 11.6 Å². The number of hydrogen-bond donors (Lipinski definition) is 1. The van der Waals surface area contributed by atoms with Gasteiger partial charge in [-0.3, -0.25) is 14.5 Å². The summed E-state index contributed by atoms with van der Waals surface area (Å²) in [5.41, 5.74) is 2.36. The lowest BCUT2D eigenvalue weighted by molar-refractivity contribution is -0.140. The van der Waals surface area contributed by atoms with Gasteiger partial charge in [-0.15, -0.1) is 0 Å². The number of anilines is 1. The summed E-state index contributed by atoms with van der Waals surface area (Å²) in [4.78, 5) is 31.4. The van der Waals surface area contributed by atoms with Crippen LogP contribution in [0.15, 0.2) is 48.5 Å². The number of halogens is 2. The minimum atomic E-state index is -0.234. The molecule has 2 aliphatic heterocycles. The number of benzene rings is 2. The second-order valence-electron chi connectivity index (χ2n) is 8.84. The highest BCUT2D eigenvalue weighted by atomic mass is 35.5. The van der Waals surface area contributed by atoms with Gasteiger partial charge in [0.05, 0.1) is 12.1 Å². The molecule has 33 heavy (non-hydrogen) atoms. The lowest BCUT2D eigenvalue weighted by atomic mass is 9.99. The van der Waals surface area contributed by atoms with Crippen LogP contribution < -0.4 is 5.32 Å². The molecule has 0 spiro atoms. The fourth-order valence-electron chi connectivity index (χ4n) is 4.79. The Morgan fingerprint density at radius 3 is 2.39 bits per heavy atom. The summed E-state index contributed by atoms with van der Waals surface area (Å²) in [5, 5.41) is 3.27. The van der Waals surface area contributed by atoms with Crippen LogP contribution in [0.4, 0.5) is 10.1 Å². The van der Waals surface area contributed by atoms with Crippen LogP contribution >= 0.6 is 11.6 Å². The zero-order chi connectivity index (χ0) is 23.5. The number of likely N-dealkylation sites (N-methyl/N-ethyl adjacent to an activating group) is 1. The number of hydrogen-bond acceptors (Lipinski definition) is 4. The Morgan fingerprint density at radius 2 is 1.76 bits per heavy atom. The molecule has 0 aliphatic carbocycles. The number of rotatable bonds is 5. The molecule has 2 bridgehead atoms. The highest BCUT2D eigenvalue weighted by Crippen LogP contribution is 2.26. The molecule has 0 radical (unpaired) electrons. The molecule has 8 heteroatoms. The first-order chi connectivity index (χ1) is 15.8. The first-order valence-electron chi connectivity index (χ1n) is 11.0. The van der Waals surface area contributed by atoms with Gasteiger partial charge in [-0.25, -0.2) is 4.39 Å². The summed E-state index contributed by atoms with van der Waals surface area (Å²) >= 11 is 6.06. The number of carbonyl (C=O) groups is 2. The second-order valence-corrected chi connectivity index (χ2v) is 9.28. The number of nitrogens with zero attached hydrogens (tertiary/aromatic N) is 3. The van der Waals surface area contributed by atoms with Gasteiger partial charge in [-0.05, 0) is 48.5 Å². The van der Waals surface area contributed by atoms with Crippen LogP contribution in [0.1, 0.15) is 18.1 Å². The van der Waals surface area contributed by atoms with E-state index in [1.807, 2.05) is 17.0 Å². The Bertz CT molecular complexity index is 1040. The minimum absolute atomic E-state index is 0.0387. The Labute approximate surface area is 198 Å². The molecule has 0 aromatic heterocycles. The van der Waals surface area contributed by atoms with E-state index in [9.17, 15) is 14.0 Å². The molecule has 2 atom stereocenters. The van der Waals surface area contributed by atoms with Gasteiger partial charge < -0.3 is 15.1 Å². The van der Waals surface area contributed by atoms with Crippen molar-refractivity contribution in [3.8, 4) is 0 Å². The van der Waals surface area contributed by atoms with Crippen molar-refractivity contribution in [3.63, 3.8) is 0 Å². The Balaban J connectivity index is 1.48. The van der Waals surface area contributed by atoms with Gasteiger partial charge in [-0.1, -0.05) is 29.8 Å². The van der Waals surface area contributed by atoms with Gasteiger partial charge >= 0.3 is 0 Å². The van der Waals surface area contributed by atoms with E-state index in [-0.39, 0.29) is 29.7 Å². The molecule has 174 valence electrons. The third kappa shape index (κ3) is 5.79. The van der Waals surface area contributed by atoms with Crippen LogP contribution in [0.25, 0.3) is 6.08 Å². The van der Waals surface area contributed by atoms with E-state index in [2.05, 4.69) is 22.2 Å². The van der Waals surface area contributed by atoms with Crippen molar-refractivity contribution in [2.45, 2.75) is 25.6 Å². The lowest BCUT2D eigenvalue weighted by Crippen LogP contribution is -2.68. The molecule has 1 N–H and O–H groups in total. The molecule has 4 rings (SSSR count). The lowest BCUT2D eigenvalue weighted by Gasteiger charge is -2.52. The number of carbonyl (C=O) groups excluding carboxylic acids is 2. The first-order valence-corrected chi connectivity index (χ1v) is 11.4. The van der Waals surface area contributed by atoms with E-state index in [0.29, 0.717) is 10.7 Å². The zero-order valence-electron chi connectivity index (χ0n) is 18.8. The van der Waals surface area contributed by atoms with Crippen molar-refractivity contribution < 1.29 is 14.0 Å². The molecular formula is C25H28ClFN4O2. The average Bonchev–Trinajstić information content (AvgIpc) is 2.73. The maximum Gasteiger partial charge on any atom is 0.247 e. The number of amides is 2. The van der Waals surface area contributed by atoms with Gasteiger partial charge in [0.25, 0.3) is 0 Å². The van der Waals surface area contributed by atoms with Crippen LogP contribution in [-0.4, -0.2) is 71.8 Å². The van der Waals surface area contributed by atoms with Gasteiger partial charge in [0, 0.05) is 56.4 Å². The van der Waals surface area contributed by atoms with E-state index in [0.717, 1.165) is 43.9 Å². The van der Waals surface area contributed by atoms with Gasteiger partial charge in [0.1, 0.15) is 5.82 Å². The molecule has 2 amide bonds. The number of fused-ring (bicyclic) bond motifs is 2. The predicted octanol–water partition coefficient (Wildman–Crippen LogP) is 3.48. The van der Waals surface area contributed by atoms with Gasteiger partial charge in [-0.2, -0.15) is 0 Å². The average molecular weight is 471 g/mol. The minimum Gasteiger partial charge on any atom is -0.328 e. The smallest absolute Gasteiger partial charge is 0.247 e. The third-order valence-corrected chi connectivity index (χ3v) is 6.31. The van der Waals surface area contributed by atoms with Crippen molar-refractivity contribution >= 4 is 35.2 Å². The maximum absolute atomic E-state index is 13.2. The van der Waals surface area contributed by atoms with E-state index in [1.165, 1.54) is 19.1 Å². The second kappa shape index (κ2) is 10.0. The van der Waals surface area contributed by atoms with Crippen LogP contribution in [0, 0.1) is 5.82 Å². The summed E-state index contributed by atoms with van der Waals surface area (Å²) in [6.45, 7) is 5.29. The standard InChI is InChI=1S/C25H28ClFN4O2/c1-17(32)28-24-11-20(26)7-5-19(24)6-10-25(33)31-22-13-29(2)14-23(31)16-30(15-22)12-18-3-8-21(27)9-4-18/h3-11,22-23H,12-16H2,1-2H3,(H,28,32). The largest absolute Gasteiger partial charge is 0.328 e. The number of nitrogens with one attached hydrogen (secondary N) is 1. The topological polar surface area (TPSA) is 55.9 Å². The molecule has 2 fully saturated rings. The number of piperazine rings is 2. The predicted molar refractivity (Wildman–Crippen MR) is 128 cm³/mol. The first kappa shape index (κ1) is 23.4. The Hall–Kier alpha value is -2.74. The van der Waals surface area contributed by atoms with Crippen molar-refractivity contribution in [1.82, 2.24) is 14.7 Å².